The smallest absolute Gasteiger partial charge is 0.225 e. The normalized spacial score (nSPS) is 15.3. The Balaban J connectivity index is 1.70. The fraction of sp³-hybridized carbons (Fsp3) is 0.333. The summed E-state index contributed by atoms with van der Waals surface area (Å²) in [5.41, 5.74) is 1.41. The first-order valence-corrected chi connectivity index (χ1v) is 6.93. The van der Waals surface area contributed by atoms with Gasteiger partial charge in [-0.1, -0.05) is 0 Å². The predicted molar refractivity (Wildman–Crippen MR) is 78.8 cm³/mol. The van der Waals surface area contributed by atoms with Gasteiger partial charge in [-0.15, -0.1) is 0 Å². The van der Waals surface area contributed by atoms with Gasteiger partial charge in [-0.3, -0.25) is 0 Å². The largest absolute Gasteiger partial charge is 0.392 e. The Morgan fingerprint density at radius 1 is 1.00 bits per heavy atom. The number of aliphatic hydroxyl groups is 1. The van der Waals surface area contributed by atoms with Crippen molar-refractivity contribution in [1.29, 1.82) is 0 Å². The molecular formula is C15H17FN4O. The Hall–Kier alpha value is -2.21. The van der Waals surface area contributed by atoms with E-state index in [2.05, 4.69) is 19.8 Å². The molecule has 1 fully saturated rings. The molecule has 1 aliphatic rings. The second kappa shape index (κ2) is 6.05. The molecule has 21 heavy (non-hydrogen) atoms. The lowest BCUT2D eigenvalue weighted by Gasteiger charge is -2.36. The molecule has 6 heteroatoms. The van der Waals surface area contributed by atoms with Crippen LogP contribution >= 0.6 is 0 Å². The molecule has 0 saturated carbocycles. The molecular weight excluding hydrogens is 271 g/mol. The van der Waals surface area contributed by atoms with Crippen LogP contribution in [0.2, 0.25) is 0 Å². The minimum atomic E-state index is -0.314. The van der Waals surface area contributed by atoms with Crippen molar-refractivity contribution in [2.24, 2.45) is 0 Å². The maximum Gasteiger partial charge on any atom is 0.225 e. The van der Waals surface area contributed by atoms with Crippen LogP contribution in [0.4, 0.5) is 16.0 Å². The van der Waals surface area contributed by atoms with Crippen molar-refractivity contribution < 1.29 is 9.50 Å². The zero-order chi connectivity index (χ0) is 14.7. The van der Waals surface area contributed by atoms with E-state index in [0.29, 0.717) is 5.56 Å². The standard InChI is InChI=1S/C15H17FN4O/c16-13-8-12(11-21)9-14(10-13)19-4-6-20(7-5-19)15-17-2-1-3-18-15/h1-3,8-10,21H,4-7,11H2. The van der Waals surface area contributed by atoms with Crippen molar-refractivity contribution in [2.75, 3.05) is 36.0 Å². The molecule has 0 spiro atoms. The van der Waals surface area contributed by atoms with E-state index in [-0.39, 0.29) is 12.4 Å². The molecule has 110 valence electrons. The molecule has 0 radical (unpaired) electrons. The highest BCUT2D eigenvalue weighted by Gasteiger charge is 2.19. The minimum Gasteiger partial charge on any atom is -0.392 e. The predicted octanol–water partition coefficient (Wildman–Crippen LogP) is 1.43. The number of rotatable bonds is 3. The molecule has 1 saturated heterocycles. The summed E-state index contributed by atoms with van der Waals surface area (Å²) in [5, 5.41) is 9.17. The van der Waals surface area contributed by atoms with Crippen LogP contribution in [0.25, 0.3) is 0 Å². The van der Waals surface area contributed by atoms with Crippen LogP contribution in [0.15, 0.2) is 36.7 Å². The van der Waals surface area contributed by atoms with E-state index in [9.17, 15) is 4.39 Å². The van der Waals surface area contributed by atoms with E-state index >= 15 is 0 Å². The van der Waals surface area contributed by atoms with Gasteiger partial charge in [0.25, 0.3) is 0 Å². The van der Waals surface area contributed by atoms with E-state index in [1.807, 2.05) is 6.07 Å². The number of nitrogens with zero attached hydrogens (tertiary/aromatic N) is 4. The number of halogens is 1. The van der Waals surface area contributed by atoms with Gasteiger partial charge in [-0.05, 0) is 29.8 Å². The highest BCUT2D eigenvalue weighted by molar-refractivity contribution is 5.50. The summed E-state index contributed by atoms with van der Waals surface area (Å²) in [6.07, 6.45) is 3.46. The minimum absolute atomic E-state index is 0.150. The van der Waals surface area contributed by atoms with Crippen molar-refractivity contribution in [3.8, 4) is 0 Å². The van der Waals surface area contributed by atoms with Gasteiger partial charge >= 0.3 is 0 Å². The van der Waals surface area contributed by atoms with Gasteiger partial charge in [0, 0.05) is 44.3 Å². The second-order valence-electron chi connectivity index (χ2n) is 5.00. The summed E-state index contributed by atoms with van der Waals surface area (Å²) in [4.78, 5) is 12.7. The monoisotopic (exact) mass is 288 g/mol. The van der Waals surface area contributed by atoms with Gasteiger partial charge in [0.2, 0.25) is 5.95 Å². The Labute approximate surface area is 122 Å². The van der Waals surface area contributed by atoms with E-state index in [4.69, 9.17) is 5.11 Å². The third kappa shape index (κ3) is 3.11. The quantitative estimate of drug-likeness (QED) is 0.926. The highest BCUT2D eigenvalue weighted by Crippen LogP contribution is 2.21. The first-order chi connectivity index (χ1) is 10.3. The summed E-state index contributed by atoms with van der Waals surface area (Å²) in [5.74, 6) is 0.415. The topological polar surface area (TPSA) is 52.5 Å². The summed E-state index contributed by atoms with van der Waals surface area (Å²) >= 11 is 0. The van der Waals surface area contributed by atoms with Gasteiger partial charge < -0.3 is 14.9 Å². The maximum atomic E-state index is 13.5. The molecule has 3 rings (SSSR count). The zero-order valence-corrected chi connectivity index (χ0v) is 11.6. The van der Waals surface area contributed by atoms with E-state index in [1.54, 1.807) is 18.5 Å². The fourth-order valence-electron chi connectivity index (χ4n) is 2.53. The van der Waals surface area contributed by atoms with Crippen molar-refractivity contribution >= 4 is 11.6 Å². The maximum absolute atomic E-state index is 13.5. The zero-order valence-electron chi connectivity index (χ0n) is 11.6. The average molecular weight is 288 g/mol. The van der Waals surface area contributed by atoms with Crippen LogP contribution in [0.3, 0.4) is 0 Å². The molecule has 2 heterocycles. The Kier molecular flexibility index (Phi) is 3.96. The van der Waals surface area contributed by atoms with Crippen molar-refractivity contribution in [1.82, 2.24) is 9.97 Å². The number of anilines is 2. The molecule has 1 aromatic carbocycles. The molecule has 0 amide bonds. The SMILES string of the molecule is OCc1cc(F)cc(N2CCN(c3ncccn3)CC2)c1. The Morgan fingerprint density at radius 3 is 2.33 bits per heavy atom. The van der Waals surface area contributed by atoms with Crippen LogP contribution in [0, 0.1) is 5.82 Å². The molecule has 1 aliphatic heterocycles. The van der Waals surface area contributed by atoms with Gasteiger partial charge in [0.15, 0.2) is 0 Å². The van der Waals surface area contributed by atoms with Gasteiger partial charge in [-0.2, -0.15) is 0 Å². The lowest BCUT2D eigenvalue weighted by molar-refractivity contribution is 0.281. The molecule has 0 unspecified atom stereocenters. The molecule has 0 atom stereocenters. The molecule has 0 bridgehead atoms. The molecule has 2 aromatic rings. The van der Waals surface area contributed by atoms with E-state index in [0.717, 1.165) is 37.8 Å². The number of aromatic nitrogens is 2. The van der Waals surface area contributed by atoms with Crippen molar-refractivity contribution in [3.63, 3.8) is 0 Å². The number of hydrogen-bond donors (Lipinski definition) is 1. The number of aliphatic hydroxyl groups excluding tert-OH is 1. The number of hydrogen-bond acceptors (Lipinski definition) is 5. The summed E-state index contributed by atoms with van der Waals surface area (Å²) in [6.45, 7) is 2.96. The van der Waals surface area contributed by atoms with Crippen molar-refractivity contribution in [3.05, 3.63) is 48.0 Å². The fourth-order valence-corrected chi connectivity index (χ4v) is 2.53. The number of piperazine rings is 1. The first-order valence-electron chi connectivity index (χ1n) is 6.93. The Morgan fingerprint density at radius 2 is 1.67 bits per heavy atom. The summed E-state index contributed by atoms with van der Waals surface area (Å²) < 4.78 is 13.5. The van der Waals surface area contributed by atoms with Crippen LogP contribution in [-0.4, -0.2) is 41.3 Å². The highest BCUT2D eigenvalue weighted by atomic mass is 19.1. The lowest BCUT2D eigenvalue weighted by atomic mass is 10.1. The van der Waals surface area contributed by atoms with Crippen LogP contribution in [0.1, 0.15) is 5.56 Å². The molecule has 5 nitrogen and oxygen atoms in total. The second-order valence-corrected chi connectivity index (χ2v) is 5.00. The lowest BCUT2D eigenvalue weighted by Crippen LogP contribution is -2.47. The van der Waals surface area contributed by atoms with Gasteiger partial charge in [0.05, 0.1) is 6.61 Å². The average Bonchev–Trinajstić information content (AvgIpc) is 2.55. The third-order valence-electron chi connectivity index (χ3n) is 3.60. The van der Waals surface area contributed by atoms with Gasteiger partial charge in [0.1, 0.15) is 5.82 Å². The van der Waals surface area contributed by atoms with E-state index < -0.39 is 0 Å². The van der Waals surface area contributed by atoms with Crippen LogP contribution in [-0.2, 0) is 6.61 Å². The molecule has 1 aromatic heterocycles. The van der Waals surface area contributed by atoms with Crippen LogP contribution in [0.5, 0.6) is 0 Å². The van der Waals surface area contributed by atoms with Crippen molar-refractivity contribution in [2.45, 2.75) is 6.61 Å². The molecule has 1 N–H and O–H groups in total. The summed E-state index contributed by atoms with van der Waals surface area (Å²) in [7, 11) is 0. The summed E-state index contributed by atoms with van der Waals surface area (Å²) in [6, 6.07) is 6.49. The third-order valence-corrected chi connectivity index (χ3v) is 3.60. The van der Waals surface area contributed by atoms with Gasteiger partial charge in [-0.25, -0.2) is 14.4 Å². The van der Waals surface area contributed by atoms with E-state index in [1.165, 1.54) is 12.1 Å². The molecule has 0 aliphatic carbocycles. The Bertz CT molecular complexity index is 600. The van der Waals surface area contributed by atoms with Crippen LogP contribution < -0.4 is 9.80 Å². The number of benzene rings is 1. The first kappa shape index (κ1) is 13.8.